The Labute approximate surface area is 225 Å². The molecule has 0 unspecified atom stereocenters. The molecule has 0 fully saturated rings. The minimum atomic E-state index is -6.10. The fourth-order valence-electron chi connectivity index (χ4n) is 4.50. The first-order valence-electron chi connectivity index (χ1n) is 11.9. The van der Waals surface area contributed by atoms with Gasteiger partial charge < -0.3 is 10.4 Å². The van der Waals surface area contributed by atoms with Crippen molar-refractivity contribution in [2.45, 2.75) is 48.7 Å². The van der Waals surface area contributed by atoms with Gasteiger partial charge in [-0.1, -0.05) is 29.8 Å². The number of sulfonamides is 1. The van der Waals surface area contributed by atoms with E-state index in [9.17, 15) is 44.7 Å². The van der Waals surface area contributed by atoms with Crippen LogP contribution in [-0.2, 0) is 22.0 Å². The van der Waals surface area contributed by atoms with Crippen LogP contribution in [0.4, 0.5) is 32.0 Å². The van der Waals surface area contributed by atoms with Crippen molar-refractivity contribution in [1.29, 1.82) is 0 Å². The first kappa shape index (κ1) is 29.3. The number of alkyl halides is 6. The maximum atomic E-state index is 13.8. The summed E-state index contributed by atoms with van der Waals surface area (Å²) in [5.74, 6) is -0.531. The molecule has 2 N–H and O–H groups in total. The average Bonchev–Trinajstić information content (AvgIpc) is 2.89. The van der Waals surface area contributed by atoms with Crippen LogP contribution in [0.25, 0.3) is 0 Å². The number of nitrogens with one attached hydrogen (secondary N) is 1. The van der Waals surface area contributed by atoms with E-state index in [1.807, 2.05) is 0 Å². The second-order valence-electron chi connectivity index (χ2n) is 9.30. The fraction of sp³-hybridized carbons (Fsp3) is 0.308. The highest BCUT2D eigenvalue weighted by atomic mass is 32.2. The van der Waals surface area contributed by atoms with Crippen molar-refractivity contribution in [3.8, 4) is 0 Å². The van der Waals surface area contributed by atoms with Crippen LogP contribution in [0.15, 0.2) is 71.9 Å². The van der Waals surface area contributed by atoms with Gasteiger partial charge in [0.05, 0.1) is 16.6 Å². The van der Waals surface area contributed by atoms with Crippen LogP contribution in [0.5, 0.6) is 0 Å². The molecule has 1 aromatic heterocycles. The Morgan fingerprint density at radius 3 is 2.17 bits per heavy atom. The number of anilines is 1. The van der Waals surface area contributed by atoms with Crippen molar-refractivity contribution in [3.63, 3.8) is 0 Å². The van der Waals surface area contributed by atoms with E-state index in [1.54, 1.807) is 6.92 Å². The van der Waals surface area contributed by atoms with Gasteiger partial charge in [-0.25, -0.2) is 8.42 Å². The first-order chi connectivity index (χ1) is 18.6. The van der Waals surface area contributed by atoms with Crippen LogP contribution in [-0.4, -0.2) is 49.4 Å². The summed E-state index contributed by atoms with van der Waals surface area (Å²) < 4.78 is 109. The van der Waals surface area contributed by atoms with E-state index in [0.29, 0.717) is 12.1 Å². The zero-order valence-corrected chi connectivity index (χ0v) is 21.6. The van der Waals surface area contributed by atoms with E-state index >= 15 is 0 Å². The lowest BCUT2D eigenvalue weighted by molar-refractivity contribution is -0.376. The summed E-state index contributed by atoms with van der Waals surface area (Å²) in [6.45, 7) is 1.52. The van der Waals surface area contributed by atoms with Gasteiger partial charge in [0.15, 0.2) is 0 Å². The topological polar surface area (TPSA) is 99.6 Å². The monoisotopic (exact) mass is 587 g/mol. The van der Waals surface area contributed by atoms with Crippen molar-refractivity contribution >= 4 is 21.6 Å². The number of aromatic nitrogens is 1. The Bertz CT molecular complexity index is 1480. The van der Waals surface area contributed by atoms with Gasteiger partial charge in [-0.2, -0.15) is 26.3 Å². The fourth-order valence-corrected chi connectivity index (χ4v) is 6.22. The predicted molar refractivity (Wildman–Crippen MR) is 132 cm³/mol. The Morgan fingerprint density at radius 1 is 1.00 bits per heavy atom. The Kier molecular flexibility index (Phi) is 7.62. The molecule has 1 aliphatic heterocycles. The average molecular weight is 588 g/mol. The normalized spacial score (nSPS) is 16.4. The molecule has 1 atom stereocenters. The SMILES string of the molecule is Cc1ccc(S(=O)(=O)N2c3ccc(C(O)(C(F)(F)F)C(F)(F)F)cc3CC[C@H]2CNC(=O)c2ccncc2)cc1. The molecule has 0 saturated carbocycles. The number of rotatable bonds is 6. The summed E-state index contributed by atoms with van der Waals surface area (Å²) in [7, 11) is -4.39. The van der Waals surface area contributed by atoms with Crippen molar-refractivity contribution in [2.75, 3.05) is 10.8 Å². The number of halogens is 6. The second-order valence-corrected chi connectivity index (χ2v) is 11.1. The largest absolute Gasteiger partial charge is 0.430 e. The summed E-state index contributed by atoms with van der Waals surface area (Å²) in [6.07, 6.45) is -9.58. The maximum absolute atomic E-state index is 13.8. The zero-order chi connectivity index (χ0) is 29.5. The molecule has 2 heterocycles. The minimum absolute atomic E-state index is 0.0470. The third kappa shape index (κ3) is 5.24. The molecule has 1 aliphatic rings. The van der Waals surface area contributed by atoms with Crippen LogP contribution in [0.3, 0.4) is 0 Å². The number of fused-ring (bicyclic) bond motifs is 1. The third-order valence-corrected chi connectivity index (χ3v) is 8.53. The van der Waals surface area contributed by atoms with Gasteiger partial charge >= 0.3 is 12.4 Å². The van der Waals surface area contributed by atoms with Gasteiger partial charge in [-0.05, 0) is 55.7 Å². The highest BCUT2D eigenvalue weighted by molar-refractivity contribution is 7.92. The van der Waals surface area contributed by atoms with Crippen LogP contribution < -0.4 is 9.62 Å². The second kappa shape index (κ2) is 10.4. The van der Waals surface area contributed by atoms with Gasteiger partial charge in [0, 0.05) is 30.1 Å². The molecule has 0 radical (unpaired) electrons. The van der Waals surface area contributed by atoms with Crippen LogP contribution in [0, 0.1) is 6.92 Å². The molecule has 7 nitrogen and oxygen atoms in total. The van der Waals surface area contributed by atoms with Crippen LogP contribution >= 0.6 is 0 Å². The molecule has 2 aromatic carbocycles. The molecular formula is C26H23F6N3O4S. The molecule has 4 rings (SSSR count). The molecule has 3 aromatic rings. The summed E-state index contributed by atoms with van der Waals surface area (Å²) in [6, 6.07) is 9.43. The van der Waals surface area contributed by atoms with Crippen molar-refractivity contribution in [1.82, 2.24) is 10.3 Å². The molecule has 0 saturated heterocycles. The van der Waals surface area contributed by atoms with Gasteiger partial charge in [0.1, 0.15) is 0 Å². The number of pyridine rings is 1. The standard InChI is InChI=1S/C26H23F6N3O4S/c1-16-2-7-21(8-3-16)40(38,39)35-20(15-34-23(36)17-10-12-33-13-11-17)6-4-18-14-19(5-9-22(18)35)24(37,25(27,28)29)26(30,31)32/h2-3,5,7-14,20,37H,4,6,15H2,1H3,(H,34,36)/t20-/m0/s1. The lowest BCUT2D eigenvalue weighted by atomic mass is 9.88. The van der Waals surface area contributed by atoms with Gasteiger partial charge in [-0.3, -0.25) is 14.1 Å². The molecule has 1 amide bonds. The number of carbonyl (C=O) groups excluding carboxylic acids is 1. The summed E-state index contributed by atoms with van der Waals surface area (Å²) >= 11 is 0. The Hall–Kier alpha value is -3.65. The highest BCUT2D eigenvalue weighted by Gasteiger charge is 2.71. The number of benzene rings is 2. The number of hydrogen-bond donors (Lipinski definition) is 2. The van der Waals surface area contributed by atoms with E-state index in [4.69, 9.17) is 0 Å². The molecule has 0 bridgehead atoms. The molecule has 0 spiro atoms. The molecule has 40 heavy (non-hydrogen) atoms. The number of amides is 1. The van der Waals surface area contributed by atoms with Crippen LogP contribution in [0.2, 0.25) is 0 Å². The summed E-state index contributed by atoms with van der Waals surface area (Å²) in [5.41, 5.74) is -5.94. The van der Waals surface area contributed by atoms with E-state index in [-0.39, 0.29) is 41.1 Å². The molecule has 0 aliphatic carbocycles. The van der Waals surface area contributed by atoms with E-state index in [2.05, 4.69) is 10.3 Å². The number of nitrogens with zero attached hydrogens (tertiary/aromatic N) is 2. The number of carbonyl (C=O) groups is 1. The van der Waals surface area contributed by atoms with E-state index in [0.717, 1.165) is 15.9 Å². The minimum Gasteiger partial charge on any atom is -0.369 e. The van der Waals surface area contributed by atoms with Crippen LogP contribution in [0.1, 0.15) is 33.5 Å². The zero-order valence-electron chi connectivity index (χ0n) is 20.8. The van der Waals surface area contributed by atoms with Gasteiger partial charge in [0.2, 0.25) is 0 Å². The van der Waals surface area contributed by atoms with Crippen molar-refractivity contribution < 1.29 is 44.7 Å². The summed E-state index contributed by atoms with van der Waals surface area (Å²) in [5, 5.41) is 12.5. The van der Waals surface area contributed by atoms with E-state index in [1.165, 1.54) is 48.8 Å². The number of aryl methyl sites for hydroxylation is 2. The van der Waals surface area contributed by atoms with E-state index < -0.39 is 45.5 Å². The Balaban J connectivity index is 1.78. The first-order valence-corrected chi connectivity index (χ1v) is 13.3. The smallest absolute Gasteiger partial charge is 0.369 e. The highest BCUT2D eigenvalue weighted by Crippen LogP contribution is 2.51. The van der Waals surface area contributed by atoms with Gasteiger partial charge in [0.25, 0.3) is 21.5 Å². The lowest BCUT2D eigenvalue weighted by Gasteiger charge is -2.39. The quantitative estimate of drug-likeness (QED) is 0.410. The predicted octanol–water partition coefficient (Wildman–Crippen LogP) is 4.64. The van der Waals surface area contributed by atoms with Gasteiger partial charge in [-0.15, -0.1) is 0 Å². The van der Waals surface area contributed by atoms with Crippen molar-refractivity contribution in [2.24, 2.45) is 0 Å². The number of aliphatic hydroxyl groups is 1. The maximum Gasteiger partial charge on any atom is 0.430 e. The molecular weight excluding hydrogens is 564 g/mol. The molecule has 14 heteroatoms. The van der Waals surface area contributed by atoms with Crippen molar-refractivity contribution in [3.05, 3.63) is 89.2 Å². The summed E-state index contributed by atoms with van der Waals surface area (Å²) in [4.78, 5) is 16.2. The lowest BCUT2D eigenvalue weighted by Crippen LogP contribution is -2.54. The third-order valence-electron chi connectivity index (χ3n) is 6.65. The Morgan fingerprint density at radius 2 is 1.60 bits per heavy atom. The number of hydrogen-bond acceptors (Lipinski definition) is 5. The molecule has 214 valence electrons.